The highest BCUT2D eigenvalue weighted by Gasteiger charge is 2.66. The number of carbonyl (C=O) groups excluding carboxylic acids is 3. The van der Waals surface area contributed by atoms with Crippen LogP contribution in [-0.2, 0) is 25.5 Å². The molecular formula is C29H35NO5. The van der Waals surface area contributed by atoms with Crippen LogP contribution in [0.3, 0.4) is 0 Å². The van der Waals surface area contributed by atoms with Gasteiger partial charge in [-0.15, -0.1) is 0 Å². The third-order valence-electron chi connectivity index (χ3n) is 7.88. The van der Waals surface area contributed by atoms with E-state index < -0.39 is 35.4 Å². The maximum Gasteiger partial charge on any atom is 0.331 e. The molecule has 2 aliphatic heterocycles. The van der Waals surface area contributed by atoms with E-state index in [9.17, 15) is 19.5 Å². The molecule has 1 saturated heterocycles. The summed E-state index contributed by atoms with van der Waals surface area (Å²) in [6, 6.07) is 9.56. The van der Waals surface area contributed by atoms with Gasteiger partial charge in [0.25, 0.3) is 5.91 Å². The summed E-state index contributed by atoms with van der Waals surface area (Å²) in [5.74, 6) is -2.13. The first kappa shape index (κ1) is 25.1. The highest BCUT2D eigenvalue weighted by molar-refractivity contribution is 5.98. The molecule has 6 heteroatoms. The lowest BCUT2D eigenvalue weighted by molar-refractivity contribution is -0.175. The fraction of sp³-hybridized carbons (Fsp3) is 0.483. The van der Waals surface area contributed by atoms with E-state index in [0.29, 0.717) is 18.8 Å². The highest BCUT2D eigenvalue weighted by atomic mass is 16.6. The van der Waals surface area contributed by atoms with Crippen molar-refractivity contribution in [2.75, 3.05) is 0 Å². The molecule has 35 heavy (non-hydrogen) atoms. The first-order chi connectivity index (χ1) is 16.7. The third kappa shape index (κ3) is 4.90. The molecule has 4 rings (SSSR count). The molecule has 2 heterocycles. The van der Waals surface area contributed by atoms with Crippen LogP contribution in [-0.4, -0.2) is 40.5 Å². The average Bonchev–Trinajstić information content (AvgIpc) is 3.09. The monoisotopic (exact) mass is 477 g/mol. The molecule has 6 nitrogen and oxygen atoms in total. The maximum atomic E-state index is 13.7. The predicted octanol–water partition coefficient (Wildman–Crippen LogP) is 3.84. The van der Waals surface area contributed by atoms with Crippen LogP contribution >= 0.6 is 0 Å². The van der Waals surface area contributed by atoms with Crippen molar-refractivity contribution < 1.29 is 24.2 Å². The van der Waals surface area contributed by atoms with E-state index in [1.807, 2.05) is 56.3 Å². The van der Waals surface area contributed by atoms with Crippen molar-refractivity contribution in [1.82, 2.24) is 5.32 Å². The zero-order chi connectivity index (χ0) is 25.2. The summed E-state index contributed by atoms with van der Waals surface area (Å²) in [4.78, 5) is 39.0. The minimum Gasteiger partial charge on any atom is -0.444 e. The molecule has 1 aromatic rings. The Morgan fingerprint density at radius 1 is 1.09 bits per heavy atom. The zero-order valence-corrected chi connectivity index (χ0v) is 20.7. The number of ketones is 1. The number of benzene rings is 1. The Morgan fingerprint density at radius 3 is 2.57 bits per heavy atom. The quantitative estimate of drug-likeness (QED) is 0.499. The van der Waals surface area contributed by atoms with Gasteiger partial charge in [-0.2, -0.15) is 0 Å². The van der Waals surface area contributed by atoms with Crippen molar-refractivity contribution in [1.29, 1.82) is 0 Å². The zero-order valence-electron chi connectivity index (χ0n) is 20.7. The lowest BCUT2D eigenvalue weighted by Gasteiger charge is -2.45. The SMILES string of the molecule is CC1=C(C)[C@H]2[C@H](Cc3ccccc3)NC(=O)[C@]23OC(=O)/C=C\C(=O)CCC[C@@H](C)C/C=C\[C@H]3[C@@H]1O. The molecule has 1 spiro atoms. The van der Waals surface area contributed by atoms with Crippen LogP contribution in [0.4, 0.5) is 0 Å². The van der Waals surface area contributed by atoms with Gasteiger partial charge in [0.05, 0.1) is 17.9 Å². The Labute approximate surface area is 207 Å². The second kappa shape index (κ2) is 10.3. The summed E-state index contributed by atoms with van der Waals surface area (Å²) in [7, 11) is 0. The normalized spacial score (nSPS) is 35.9. The summed E-state index contributed by atoms with van der Waals surface area (Å²) < 4.78 is 6.02. The summed E-state index contributed by atoms with van der Waals surface area (Å²) in [5, 5.41) is 14.4. The van der Waals surface area contributed by atoms with Crippen LogP contribution in [0.25, 0.3) is 0 Å². The number of hydrogen-bond acceptors (Lipinski definition) is 5. The van der Waals surface area contributed by atoms with E-state index in [1.165, 1.54) is 6.08 Å². The molecule has 0 radical (unpaired) electrons. The van der Waals surface area contributed by atoms with Crippen molar-refractivity contribution in [3.63, 3.8) is 0 Å². The van der Waals surface area contributed by atoms with Gasteiger partial charge < -0.3 is 15.2 Å². The van der Waals surface area contributed by atoms with Crippen LogP contribution in [0.15, 0.2) is 65.8 Å². The Kier molecular flexibility index (Phi) is 7.41. The average molecular weight is 478 g/mol. The minimum absolute atomic E-state index is 0.138. The molecule has 0 unspecified atom stereocenters. The first-order valence-corrected chi connectivity index (χ1v) is 12.5. The van der Waals surface area contributed by atoms with Crippen LogP contribution in [0.5, 0.6) is 0 Å². The molecule has 3 aliphatic rings. The van der Waals surface area contributed by atoms with Crippen molar-refractivity contribution in [3.8, 4) is 0 Å². The van der Waals surface area contributed by atoms with Gasteiger partial charge in [-0.05, 0) is 62.7 Å². The van der Waals surface area contributed by atoms with Crippen LogP contribution < -0.4 is 5.32 Å². The lowest BCUT2D eigenvalue weighted by atomic mass is 9.63. The molecule has 6 atom stereocenters. The largest absolute Gasteiger partial charge is 0.444 e. The number of esters is 1. The topological polar surface area (TPSA) is 92.7 Å². The highest BCUT2D eigenvalue weighted by Crippen LogP contribution is 2.50. The van der Waals surface area contributed by atoms with Crippen molar-refractivity contribution in [2.45, 2.75) is 70.6 Å². The number of rotatable bonds is 2. The van der Waals surface area contributed by atoms with E-state index in [4.69, 9.17) is 4.74 Å². The van der Waals surface area contributed by atoms with Gasteiger partial charge >= 0.3 is 5.97 Å². The van der Waals surface area contributed by atoms with E-state index in [2.05, 4.69) is 12.2 Å². The molecule has 1 fully saturated rings. The van der Waals surface area contributed by atoms with Gasteiger partial charge in [0.15, 0.2) is 5.78 Å². The molecule has 1 aromatic carbocycles. The molecule has 186 valence electrons. The van der Waals surface area contributed by atoms with Crippen LogP contribution in [0.2, 0.25) is 0 Å². The molecule has 0 bridgehead atoms. The lowest BCUT2D eigenvalue weighted by Crippen LogP contribution is -2.59. The van der Waals surface area contributed by atoms with E-state index >= 15 is 0 Å². The molecule has 0 saturated carbocycles. The Hall–Kier alpha value is -2.99. The minimum atomic E-state index is -1.60. The number of hydrogen-bond donors (Lipinski definition) is 2. The maximum absolute atomic E-state index is 13.7. The summed E-state index contributed by atoms with van der Waals surface area (Å²) in [6.45, 7) is 5.91. The number of amides is 1. The van der Waals surface area contributed by atoms with Crippen LogP contribution in [0.1, 0.15) is 52.0 Å². The Balaban J connectivity index is 1.81. The molecule has 1 amide bonds. The number of nitrogens with one attached hydrogen (secondary N) is 1. The Morgan fingerprint density at radius 2 is 1.83 bits per heavy atom. The molecule has 0 aromatic heterocycles. The number of aliphatic hydroxyl groups is 1. The van der Waals surface area contributed by atoms with Gasteiger partial charge in [0.1, 0.15) is 0 Å². The summed E-state index contributed by atoms with van der Waals surface area (Å²) in [5.41, 5.74) is 1.11. The Bertz CT molecular complexity index is 1070. The molecule has 2 N–H and O–H groups in total. The van der Waals surface area contributed by atoms with Gasteiger partial charge in [-0.3, -0.25) is 9.59 Å². The van der Waals surface area contributed by atoms with Crippen LogP contribution in [0, 0.1) is 17.8 Å². The number of ether oxygens (including phenoxy) is 1. The second-order valence-electron chi connectivity index (χ2n) is 10.3. The second-order valence-corrected chi connectivity index (χ2v) is 10.3. The van der Waals surface area contributed by atoms with E-state index in [0.717, 1.165) is 42.0 Å². The van der Waals surface area contributed by atoms with Crippen molar-refractivity contribution in [3.05, 3.63) is 71.3 Å². The van der Waals surface area contributed by atoms with Gasteiger partial charge in [-0.25, -0.2) is 4.79 Å². The summed E-state index contributed by atoms with van der Waals surface area (Å²) >= 11 is 0. The standard InChI is InChI=1S/C29H35NO5/c1-18-9-7-13-22(31)15-16-25(32)35-29-23(14-8-10-18)27(33)20(3)19(2)26(29)24(30-28(29)34)17-21-11-5-4-6-12-21/h4-6,8,11-12,14-16,18,23-24,26-27,33H,7,9-10,13,17H2,1-3H3,(H,30,34)/b14-8-,16-15-/t18-,23+,24+,26+,27-,29-/m1/s1. The van der Waals surface area contributed by atoms with Gasteiger partial charge in [-0.1, -0.05) is 55.0 Å². The smallest absolute Gasteiger partial charge is 0.331 e. The summed E-state index contributed by atoms with van der Waals surface area (Å²) in [6.07, 6.45) is 8.56. The van der Waals surface area contributed by atoms with Crippen molar-refractivity contribution >= 4 is 17.7 Å². The number of aliphatic hydroxyl groups excluding tert-OH is 1. The molecule has 1 aliphatic carbocycles. The van der Waals surface area contributed by atoms with E-state index in [-0.39, 0.29) is 11.8 Å². The number of allylic oxidation sites excluding steroid dienone is 2. The number of carbonyl (C=O) groups is 3. The fourth-order valence-electron chi connectivity index (χ4n) is 5.88. The van der Waals surface area contributed by atoms with Gasteiger partial charge in [0.2, 0.25) is 5.60 Å². The van der Waals surface area contributed by atoms with Crippen molar-refractivity contribution in [2.24, 2.45) is 17.8 Å². The predicted molar refractivity (Wildman–Crippen MR) is 133 cm³/mol. The third-order valence-corrected chi connectivity index (χ3v) is 7.88. The first-order valence-electron chi connectivity index (χ1n) is 12.5. The molecular weight excluding hydrogens is 442 g/mol. The van der Waals surface area contributed by atoms with E-state index in [1.54, 1.807) is 0 Å². The fourth-order valence-corrected chi connectivity index (χ4v) is 5.88. The van der Waals surface area contributed by atoms with Gasteiger partial charge in [0, 0.05) is 18.5 Å².